The van der Waals surface area contributed by atoms with E-state index in [-0.39, 0.29) is 12.0 Å². The van der Waals surface area contributed by atoms with E-state index in [1.807, 2.05) is 6.92 Å². The summed E-state index contributed by atoms with van der Waals surface area (Å²) in [6.45, 7) is 11.1. The van der Waals surface area contributed by atoms with Crippen molar-refractivity contribution in [2.45, 2.75) is 13.3 Å². The van der Waals surface area contributed by atoms with Gasteiger partial charge in [-0.1, -0.05) is 19.1 Å². The predicted octanol–water partition coefficient (Wildman–Crippen LogP) is 2.57. The smallest absolute Gasteiger partial charge is 0.438 e. The Balaban J connectivity index is 4.48. The fourth-order valence-corrected chi connectivity index (χ4v) is 1.42. The van der Waals surface area contributed by atoms with Crippen LogP contribution in [-0.4, -0.2) is 46.3 Å². The molecule has 0 unspecified atom stereocenters. The molecule has 0 aliphatic heterocycles. The first-order valence-corrected chi connectivity index (χ1v) is 6.22. The lowest BCUT2D eigenvalue weighted by Crippen LogP contribution is -2.37. The van der Waals surface area contributed by atoms with Crippen molar-refractivity contribution in [3.8, 4) is 0 Å². The third kappa shape index (κ3) is 7.64. The van der Waals surface area contributed by atoms with Gasteiger partial charge in [-0.3, -0.25) is 0 Å². The molecule has 0 heterocycles. The zero-order valence-electron chi connectivity index (χ0n) is 11.9. The first kappa shape index (κ1) is 17.7. The summed E-state index contributed by atoms with van der Waals surface area (Å²) in [5.74, 6) is 0. The van der Waals surface area contributed by atoms with Gasteiger partial charge in [-0.15, -0.1) is 13.2 Å². The van der Waals surface area contributed by atoms with Gasteiger partial charge in [0.2, 0.25) is 0 Å². The average molecular weight is 272 g/mol. The van der Waals surface area contributed by atoms with Gasteiger partial charge in [-0.05, 0) is 6.42 Å². The van der Waals surface area contributed by atoms with Crippen LogP contribution in [0.25, 0.3) is 0 Å². The Hall–Kier alpha value is -1.33. The molecule has 0 aliphatic rings. The minimum Gasteiger partial charge on any atom is -0.438 e. The van der Waals surface area contributed by atoms with Gasteiger partial charge in [0.15, 0.2) is 0 Å². The van der Waals surface area contributed by atoms with E-state index < -0.39 is 6.16 Å². The Kier molecular flexibility index (Phi) is 9.84. The summed E-state index contributed by atoms with van der Waals surface area (Å²) in [4.78, 5) is 11.1. The van der Waals surface area contributed by atoms with Crippen LogP contribution in [0.2, 0.25) is 0 Å². The van der Waals surface area contributed by atoms with Crippen molar-refractivity contribution in [2.75, 3.05) is 40.1 Å². The number of carbonyl (C=O) groups excluding carboxylic acids is 1. The van der Waals surface area contributed by atoms with Crippen molar-refractivity contribution in [3.63, 3.8) is 0 Å². The lowest BCUT2D eigenvalue weighted by Gasteiger charge is -2.31. The molecule has 0 atom stereocenters. The van der Waals surface area contributed by atoms with Crippen LogP contribution in [0, 0.1) is 5.41 Å². The average Bonchev–Trinajstić information content (AvgIpc) is 2.44. The van der Waals surface area contributed by atoms with E-state index in [1.54, 1.807) is 12.2 Å². The first-order valence-electron chi connectivity index (χ1n) is 6.22. The number of methoxy groups -OCH3 is 1. The van der Waals surface area contributed by atoms with E-state index in [0.29, 0.717) is 26.4 Å². The van der Waals surface area contributed by atoms with Crippen molar-refractivity contribution in [1.82, 2.24) is 0 Å². The summed E-state index contributed by atoms with van der Waals surface area (Å²) >= 11 is 0. The summed E-state index contributed by atoms with van der Waals surface area (Å²) in [6.07, 6.45) is 3.39. The van der Waals surface area contributed by atoms with Gasteiger partial charge in [0.25, 0.3) is 0 Å². The van der Waals surface area contributed by atoms with Gasteiger partial charge >= 0.3 is 6.16 Å². The molecule has 5 heteroatoms. The summed E-state index contributed by atoms with van der Waals surface area (Å²) in [7, 11) is 1.28. The molecule has 0 rings (SSSR count). The van der Waals surface area contributed by atoms with Gasteiger partial charge in [-0.2, -0.15) is 0 Å². The Bertz CT molecular complexity index is 261. The van der Waals surface area contributed by atoms with Gasteiger partial charge in [-0.25, -0.2) is 4.79 Å². The number of hydrogen-bond donors (Lipinski definition) is 0. The van der Waals surface area contributed by atoms with E-state index in [9.17, 15) is 4.79 Å². The third-order valence-electron chi connectivity index (χ3n) is 2.70. The SMILES string of the molecule is C=CCOCC(CC)(COCC=C)COC(=O)OC. The molecular weight excluding hydrogens is 248 g/mol. The molecule has 0 spiro atoms. The normalized spacial score (nSPS) is 10.8. The molecule has 0 radical (unpaired) electrons. The largest absolute Gasteiger partial charge is 0.508 e. The molecule has 0 aromatic carbocycles. The van der Waals surface area contributed by atoms with Crippen molar-refractivity contribution >= 4 is 6.16 Å². The van der Waals surface area contributed by atoms with E-state index in [0.717, 1.165) is 6.42 Å². The fraction of sp³-hybridized carbons (Fsp3) is 0.643. The van der Waals surface area contributed by atoms with Gasteiger partial charge in [0.05, 0.1) is 39.0 Å². The van der Waals surface area contributed by atoms with Crippen molar-refractivity contribution in [1.29, 1.82) is 0 Å². The first-order chi connectivity index (χ1) is 9.14. The Morgan fingerprint density at radius 3 is 2.00 bits per heavy atom. The third-order valence-corrected chi connectivity index (χ3v) is 2.70. The summed E-state index contributed by atoms with van der Waals surface area (Å²) in [6, 6.07) is 0. The van der Waals surface area contributed by atoms with Crippen LogP contribution in [-0.2, 0) is 18.9 Å². The highest BCUT2D eigenvalue weighted by Gasteiger charge is 2.31. The zero-order chi connectivity index (χ0) is 14.6. The summed E-state index contributed by atoms with van der Waals surface area (Å²) in [5, 5.41) is 0. The highest BCUT2D eigenvalue weighted by Crippen LogP contribution is 2.24. The van der Waals surface area contributed by atoms with Crippen LogP contribution in [0.1, 0.15) is 13.3 Å². The van der Waals surface area contributed by atoms with Crippen molar-refractivity contribution < 1.29 is 23.7 Å². The standard InChI is InChI=1S/C14H24O5/c1-5-8-17-10-14(7-3,11-18-9-6-2)12-19-13(15)16-4/h5-6H,1-2,7-12H2,3-4H3. The van der Waals surface area contributed by atoms with Crippen LogP contribution < -0.4 is 0 Å². The molecule has 0 aliphatic carbocycles. The number of ether oxygens (including phenoxy) is 4. The second-order valence-electron chi connectivity index (χ2n) is 4.20. The minimum absolute atomic E-state index is 0.185. The Labute approximate surface area is 115 Å². The van der Waals surface area contributed by atoms with Crippen molar-refractivity contribution in [2.24, 2.45) is 5.41 Å². The molecule has 0 amide bonds. The molecule has 0 aromatic rings. The monoisotopic (exact) mass is 272 g/mol. The van der Waals surface area contributed by atoms with Crippen LogP contribution in [0.4, 0.5) is 4.79 Å². The van der Waals surface area contributed by atoms with Gasteiger partial charge in [0.1, 0.15) is 6.61 Å². The molecule has 0 bridgehead atoms. The van der Waals surface area contributed by atoms with E-state index in [1.165, 1.54) is 7.11 Å². The highest BCUT2D eigenvalue weighted by atomic mass is 16.7. The van der Waals surface area contributed by atoms with Gasteiger partial charge in [0, 0.05) is 0 Å². The number of carbonyl (C=O) groups is 1. The molecular formula is C14H24O5. The lowest BCUT2D eigenvalue weighted by atomic mass is 9.88. The number of hydrogen-bond acceptors (Lipinski definition) is 5. The second-order valence-corrected chi connectivity index (χ2v) is 4.20. The quantitative estimate of drug-likeness (QED) is 0.329. The maximum atomic E-state index is 11.1. The maximum absolute atomic E-state index is 11.1. The Morgan fingerprint density at radius 2 is 1.63 bits per heavy atom. The Morgan fingerprint density at radius 1 is 1.11 bits per heavy atom. The predicted molar refractivity (Wildman–Crippen MR) is 73.1 cm³/mol. The number of rotatable bonds is 11. The van der Waals surface area contributed by atoms with E-state index in [2.05, 4.69) is 17.9 Å². The molecule has 0 fully saturated rings. The van der Waals surface area contributed by atoms with E-state index in [4.69, 9.17) is 14.2 Å². The summed E-state index contributed by atoms with van der Waals surface area (Å²) < 4.78 is 20.5. The molecule has 5 nitrogen and oxygen atoms in total. The van der Waals surface area contributed by atoms with Crippen LogP contribution in [0.3, 0.4) is 0 Å². The molecule has 0 saturated heterocycles. The lowest BCUT2D eigenvalue weighted by molar-refractivity contribution is -0.0553. The molecule has 0 aromatic heterocycles. The maximum Gasteiger partial charge on any atom is 0.508 e. The molecule has 19 heavy (non-hydrogen) atoms. The van der Waals surface area contributed by atoms with Crippen LogP contribution in [0.15, 0.2) is 25.3 Å². The summed E-state index contributed by atoms with van der Waals surface area (Å²) in [5.41, 5.74) is -0.389. The topological polar surface area (TPSA) is 54.0 Å². The van der Waals surface area contributed by atoms with E-state index >= 15 is 0 Å². The molecule has 0 saturated carbocycles. The minimum atomic E-state index is -0.703. The van der Waals surface area contributed by atoms with Crippen LogP contribution in [0.5, 0.6) is 0 Å². The fourth-order valence-electron chi connectivity index (χ4n) is 1.42. The molecule has 0 N–H and O–H groups in total. The van der Waals surface area contributed by atoms with Gasteiger partial charge < -0.3 is 18.9 Å². The zero-order valence-corrected chi connectivity index (χ0v) is 11.9. The highest BCUT2D eigenvalue weighted by molar-refractivity contribution is 5.59. The second kappa shape index (κ2) is 10.6. The molecule has 110 valence electrons. The van der Waals surface area contributed by atoms with Crippen molar-refractivity contribution in [3.05, 3.63) is 25.3 Å². The van der Waals surface area contributed by atoms with Crippen LogP contribution >= 0.6 is 0 Å².